The Labute approximate surface area is 209 Å². The van der Waals surface area contributed by atoms with Crippen molar-refractivity contribution in [2.24, 2.45) is 0 Å². The SMILES string of the molecule is CCc1nccc(C)c1-c1cccc2c(CCCOc3cccc4ccccc34)c(OC(=O)O)[nH]c12. The van der Waals surface area contributed by atoms with Crippen LogP contribution in [0.1, 0.15) is 30.2 Å². The lowest BCUT2D eigenvalue weighted by Crippen LogP contribution is -2.06. The molecule has 6 nitrogen and oxygen atoms in total. The van der Waals surface area contributed by atoms with Crippen LogP contribution in [0.5, 0.6) is 11.6 Å². The Kier molecular flexibility index (Phi) is 6.58. The highest BCUT2D eigenvalue weighted by Crippen LogP contribution is 2.38. The maximum Gasteiger partial charge on any atom is 0.512 e. The van der Waals surface area contributed by atoms with Gasteiger partial charge in [0.2, 0.25) is 5.88 Å². The molecule has 0 aliphatic rings. The Balaban J connectivity index is 1.45. The molecule has 0 bridgehead atoms. The minimum Gasteiger partial charge on any atom is -0.493 e. The Bertz CT molecular complexity index is 1550. The number of nitrogens with one attached hydrogen (secondary N) is 1. The number of carboxylic acid groups (broad SMARTS) is 1. The highest BCUT2D eigenvalue weighted by molar-refractivity contribution is 5.99. The molecule has 182 valence electrons. The molecule has 2 heterocycles. The molecule has 0 amide bonds. The zero-order valence-electron chi connectivity index (χ0n) is 20.4. The largest absolute Gasteiger partial charge is 0.512 e. The Morgan fingerprint density at radius 3 is 2.61 bits per heavy atom. The van der Waals surface area contributed by atoms with Gasteiger partial charge in [-0.05, 0) is 49.3 Å². The summed E-state index contributed by atoms with van der Waals surface area (Å²) in [6.07, 6.45) is 2.58. The first kappa shape index (κ1) is 23.4. The molecule has 5 aromatic rings. The summed E-state index contributed by atoms with van der Waals surface area (Å²) in [5.74, 6) is 1.10. The molecule has 0 unspecified atom stereocenters. The van der Waals surface area contributed by atoms with Gasteiger partial charge in [0.15, 0.2) is 0 Å². The molecule has 0 spiro atoms. The molecule has 0 saturated heterocycles. The van der Waals surface area contributed by atoms with Crippen LogP contribution in [0.4, 0.5) is 4.79 Å². The van der Waals surface area contributed by atoms with E-state index in [1.807, 2.05) is 54.7 Å². The summed E-state index contributed by atoms with van der Waals surface area (Å²) in [7, 11) is 0. The van der Waals surface area contributed by atoms with E-state index >= 15 is 0 Å². The Morgan fingerprint density at radius 2 is 1.78 bits per heavy atom. The van der Waals surface area contributed by atoms with Gasteiger partial charge >= 0.3 is 6.16 Å². The minimum absolute atomic E-state index is 0.259. The van der Waals surface area contributed by atoms with Gasteiger partial charge in [0.25, 0.3) is 0 Å². The number of aromatic nitrogens is 2. The van der Waals surface area contributed by atoms with E-state index < -0.39 is 6.16 Å². The number of aromatic amines is 1. The Hall–Kier alpha value is -4.32. The monoisotopic (exact) mass is 480 g/mol. The van der Waals surface area contributed by atoms with E-state index in [1.165, 1.54) is 0 Å². The number of pyridine rings is 1. The first-order valence-electron chi connectivity index (χ1n) is 12.2. The van der Waals surface area contributed by atoms with Gasteiger partial charge in [-0.1, -0.05) is 61.5 Å². The van der Waals surface area contributed by atoms with Gasteiger partial charge in [-0.25, -0.2) is 4.79 Å². The maximum absolute atomic E-state index is 11.5. The molecule has 0 radical (unpaired) electrons. The molecule has 0 aliphatic carbocycles. The molecule has 0 atom stereocenters. The summed E-state index contributed by atoms with van der Waals surface area (Å²) in [5, 5.41) is 12.5. The molecule has 0 saturated carbocycles. The van der Waals surface area contributed by atoms with Crippen LogP contribution in [0.25, 0.3) is 32.8 Å². The zero-order chi connectivity index (χ0) is 25.1. The fourth-order valence-electron chi connectivity index (χ4n) is 4.88. The number of H-pyrrole nitrogens is 1. The van der Waals surface area contributed by atoms with Crippen LogP contribution < -0.4 is 9.47 Å². The number of hydrogen-bond acceptors (Lipinski definition) is 4. The van der Waals surface area contributed by atoms with Gasteiger partial charge < -0.3 is 19.6 Å². The van der Waals surface area contributed by atoms with E-state index in [2.05, 4.69) is 42.0 Å². The minimum atomic E-state index is -1.34. The van der Waals surface area contributed by atoms with Gasteiger partial charge in [0.1, 0.15) is 5.75 Å². The number of aryl methyl sites for hydroxylation is 3. The summed E-state index contributed by atoms with van der Waals surface area (Å²) in [4.78, 5) is 19.3. The molecule has 5 rings (SSSR count). The normalized spacial score (nSPS) is 11.2. The van der Waals surface area contributed by atoms with Crippen molar-refractivity contribution in [1.82, 2.24) is 9.97 Å². The summed E-state index contributed by atoms with van der Waals surface area (Å²) in [5.41, 5.74) is 5.86. The predicted molar refractivity (Wildman–Crippen MR) is 142 cm³/mol. The summed E-state index contributed by atoms with van der Waals surface area (Å²) in [6.45, 7) is 4.65. The molecule has 6 heteroatoms. The highest BCUT2D eigenvalue weighted by atomic mass is 16.7. The molecule has 0 aliphatic heterocycles. The van der Waals surface area contributed by atoms with Crippen molar-refractivity contribution in [2.75, 3.05) is 6.61 Å². The van der Waals surface area contributed by atoms with E-state index in [9.17, 15) is 9.90 Å². The van der Waals surface area contributed by atoms with Crippen molar-refractivity contribution >= 4 is 27.8 Å². The topological polar surface area (TPSA) is 84.4 Å². The lowest BCUT2D eigenvalue weighted by Gasteiger charge is -2.12. The van der Waals surface area contributed by atoms with Crippen molar-refractivity contribution in [1.29, 1.82) is 0 Å². The first-order valence-corrected chi connectivity index (χ1v) is 12.2. The Morgan fingerprint density at radius 1 is 1.00 bits per heavy atom. The zero-order valence-corrected chi connectivity index (χ0v) is 20.4. The van der Waals surface area contributed by atoms with Crippen molar-refractivity contribution < 1.29 is 19.4 Å². The van der Waals surface area contributed by atoms with Crippen molar-refractivity contribution in [3.8, 4) is 22.8 Å². The van der Waals surface area contributed by atoms with Crippen LogP contribution in [0, 0.1) is 6.92 Å². The van der Waals surface area contributed by atoms with E-state index in [1.54, 1.807) is 0 Å². The van der Waals surface area contributed by atoms with Crippen LogP contribution in [-0.2, 0) is 12.8 Å². The van der Waals surface area contributed by atoms with E-state index in [4.69, 9.17) is 9.47 Å². The third-order valence-electron chi connectivity index (χ3n) is 6.51. The van der Waals surface area contributed by atoms with Crippen LogP contribution in [0.15, 0.2) is 72.9 Å². The highest BCUT2D eigenvalue weighted by Gasteiger charge is 2.20. The van der Waals surface area contributed by atoms with Crippen LogP contribution in [0.2, 0.25) is 0 Å². The van der Waals surface area contributed by atoms with Gasteiger partial charge in [-0.3, -0.25) is 4.98 Å². The van der Waals surface area contributed by atoms with E-state index in [0.717, 1.165) is 61.8 Å². The molecular formula is C30H28N2O4. The molecule has 2 N–H and O–H groups in total. The second-order valence-electron chi connectivity index (χ2n) is 8.76. The van der Waals surface area contributed by atoms with Gasteiger partial charge in [0.05, 0.1) is 12.1 Å². The summed E-state index contributed by atoms with van der Waals surface area (Å²) in [6, 6.07) is 22.2. The fourth-order valence-corrected chi connectivity index (χ4v) is 4.88. The number of fused-ring (bicyclic) bond motifs is 2. The number of nitrogens with zero attached hydrogens (tertiary/aromatic N) is 1. The van der Waals surface area contributed by atoms with Crippen LogP contribution in [-0.4, -0.2) is 27.8 Å². The van der Waals surface area contributed by atoms with Crippen molar-refractivity contribution in [3.05, 3.63) is 89.7 Å². The van der Waals surface area contributed by atoms with E-state index in [0.29, 0.717) is 19.4 Å². The number of ether oxygens (including phenoxy) is 2. The van der Waals surface area contributed by atoms with Crippen molar-refractivity contribution in [2.45, 2.75) is 33.1 Å². The van der Waals surface area contributed by atoms with Crippen LogP contribution >= 0.6 is 0 Å². The third kappa shape index (κ3) is 4.50. The number of benzene rings is 3. The molecular weight excluding hydrogens is 452 g/mol. The number of carbonyl (C=O) groups is 1. The smallest absolute Gasteiger partial charge is 0.493 e. The van der Waals surface area contributed by atoms with Gasteiger partial charge in [-0.15, -0.1) is 0 Å². The third-order valence-corrected chi connectivity index (χ3v) is 6.51. The summed E-state index contributed by atoms with van der Waals surface area (Å²) >= 11 is 0. The molecule has 0 fully saturated rings. The first-order chi connectivity index (χ1) is 17.6. The quantitative estimate of drug-likeness (QED) is 0.179. The standard InChI is InChI=1S/C30H28N2O4/c1-3-25-27(19(2)16-17-31-25)24-13-7-12-22-23(29(32-28(22)24)36-30(33)34)14-8-18-35-26-15-6-10-20-9-4-5-11-21(20)26/h4-7,9-13,15-17,32H,3,8,14,18H2,1-2H3,(H,33,34). The van der Waals surface area contributed by atoms with Crippen LogP contribution in [0.3, 0.4) is 0 Å². The van der Waals surface area contributed by atoms with E-state index in [-0.39, 0.29) is 5.88 Å². The maximum atomic E-state index is 11.5. The fraction of sp³-hybridized carbons (Fsp3) is 0.200. The van der Waals surface area contributed by atoms with Gasteiger partial charge in [0, 0.05) is 39.4 Å². The second kappa shape index (κ2) is 10.1. The lowest BCUT2D eigenvalue weighted by atomic mass is 9.95. The van der Waals surface area contributed by atoms with Gasteiger partial charge in [-0.2, -0.15) is 0 Å². The molecule has 2 aromatic heterocycles. The number of rotatable bonds is 8. The average molecular weight is 481 g/mol. The molecule has 36 heavy (non-hydrogen) atoms. The number of hydrogen-bond donors (Lipinski definition) is 2. The number of para-hydroxylation sites is 1. The average Bonchev–Trinajstić information content (AvgIpc) is 3.23. The molecule has 3 aromatic carbocycles. The lowest BCUT2D eigenvalue weighted by molar-refractivity contribution is 0.142. The summed E-state index contributed by atoms with van der Waals surface area (Å²) < 4.78 is 11.3. The predicted octanol–water partition coefficient (Wildman–Crippen LogP) is 7.32. The second-order valence-corrected chi connectivity index (χ2v) is 8.76. The van der Waals surface area contributed by atoms with Crippen molar-refractivity contribution in [3.63, 3.8) is 0 Å².